The van der Waals surface area contributed by atoms with Gasteiger partial charge in [-0.05, 0) is 23.3 Å². The van der Waals surface area contributed by atoms with Crippen LogP contribution in [0.5, 0.6) is 0 Å². The van der Waals surface area contributed by atoms with Crippen molar-refractivity contribution in [2.45, 2.75) is 18.5 Å². The number of nitrogens with one attached hydrogen (secondary N) is 1. The van der Waals surface area contributed by atoms with Crippen molar-refractivity contribution in [2.24, 2.45) is 0 Å². The number of nitrogens with zero attached hydrogens (tertiary/aromatic N) is 2. The molecule has 0 fully saturated rings. The molecular weight excluding hydrogens is 338 g/mol. The van der Waals surface area contributed by atoms with E-state index in [9.17, 15) is 9.59 Å². The van der Waals surface area contributed by atoms with Crippen molar-refractivity contribution in [1.82, 2.24) is 14.9 Å². The molecule has 1 aromatic carbocycles. The fraction of sp³-hybridized carbons (Fsp3) is 0.214. The maximum absolute atomic E-state index is 12.3. The third-order valence-electron chi connectivity index (χ3n) is 4.13. The summed E-state index contributed by atoms with van der Waals surface area (Å²) >= 11 is 3.44. The smallest absolute Gasteiger partial charge is 0.356 e. The number of carbonyl (C=O) groups is 2. The molecule has 0 unspecified atom stereocenters. The molecule has 21 heavy (non-hydrogen) atoms. The van der Waals surface area contributed by atoms with Crippen molar-refractivity contribution in [2.75, 3.05) is 0 Å². The zero-order valence-electron chi connectivity index (χ0n) is 10.8. The Bertz CT molecular complexity index is 814. The fourth-order valence-electron chi connectivity index (χ4n) is 3.22. The third kappa shape index (κ3) is 1.61. The predicted octanol–water partition coefficient (Wildman–Crippen LogP) is 1.54. The van der Waals surface area contributed by atoms with E-state index in [4.69, 9.17) is 5.11 Å². The molecule has 6 nitrogen and oxygen atoms in total. The summed E-state index contributed by atoms with van der Waals surface area (Å²) in [5, 5.41) is 12.0. The van der Waals surface area contributed by atoms with Crippen LogP contribution in [0.25, 0.3) is 0 Å². The molecule has 2 N–H and O–H groups in total. The van der Waals surface area contributed by atoms with E-state index in [2.05, 4.69) is 26.2 Å². The maximum Gasteiger partial charge on any atom is 0.356 e. The molecule has 1 atom stereocenters. The van der Waals surface area contributed by atoms with E-state index in [1.165, 1.54) is 11.9 Å². The Balaban J connectivity index is 1.80. The molecule has 2 aliphatic rings. The zero-order chi connectivity index (χ0) is 14.8. The van der Waals surface area contributed by atoms with Gasteiger partial charge in [-0.15, -0.1) is 0 Å². The van der Waals surface area contributed by atoms with Crippen LogP contribution in [0.3, 0.4) is 0 Å². The van der Waals surface area contributed by atoms with Gasteiger partial charge in [0.05, 0.1) is 18.4 Å². The van der Waals surface area contributed by atoms with Crippen LogP contribution in [-0.4, -0.2) is 26.5 Å². The Morgan fingerprint density at radius 3 is 3.05 bits per heavy atom. The Kier molecular flexibility index (Phi) is 2.36. The Morgan fingerprint density at radius 1 is 1.48 bits per heavy atom. The lowest BCUT2D eigenvalue weighted by molar-refractivity contribution is 0.0674. The van der Waals surface area contributed by atoms with Gasteiger partial charge in [0.2, 0.25) is 0 Å². The van der Waals surface area contributed by atoms with Crippen LogP contribution in [0.4, 0.5) is 0 Å². The van der Waals surface area contributed by atoms with Gasteiger partial charge in [-0.25, -0.2) is 9.78 Å². The minimum absolute atomic E-state index is 0.122. The highest BCUT2D eigenvalue weighted by Gasteiger charge is 2.48. The Morgan fingerprint density at radius 2 is 2.29 bits per heavy atom. The third-order valence-corrected chi connectivity index (χ3v) is 4.62. The van der Waals surface area contributed by atoms with Crippen molar-refractivity contribution >= 4 is 27.8 Å². The molecule has 0 bridgehead atoms. The van der Waals surface area contributed by atoms with Gasteiger partial charge in [-0.2, -0.15) is 0 Å². The lowest BCUT2D eigenvalue weighted by Crippen LogP contribution is -2.59. The maximum atomic E-state index is 12.3. The van der Waals surface area contributed by atoms with Crippen molar-refractivity contribution in [3.05, 3.63) is 51.5 Å². The lowest BCUT2D eigenvalue weighted by atomic mass is 9.69. The first-order valence-corrected chi connectivity index (χ1v) is 7.19. The number of rotatable bonds is 1. The first kappa shape index (κ1) is 12.6. The summed E-state index contributed by atoms with van der Waals surface area (Å²) in [5.74, 6) is -1.58. The van der Waals surface area contributed by atoms with Gasteiger partial charge < -0.3 is 15.0 Å². The second kappa shape index (κ2) is 3.94. The van der Waals surface area contributed by atoms with Crippen LogP contribution >= 0.6 is 15.9 Å². The number of carbonyl (C=O) groups excluding carboxylic acids is 1. The van der Waals surface area contributed by atoms with Crippen LogP contribution in [0.2, 0.25) is 0 Å². The van der Waals surface area contributed by atoms with Crippen LogP contribution < -0.4 is 5.32 Å². The highest BCUT2D eigenvalue weighted by atomic mass is 79.9. The summed E-state index contributed by atoms with van der Waals surface area (Å²) < 4.78 is 2.59. The fourth-order valence-corrected chi connectivity index (χ4v) is 3.58. The summed E-state index contributed by atoms with van der Waals surface area (Å²) in [4.78, 5) is 27.3. The molecular formula is C14H10BrN3O3. The molecule has 1 aromatic heterocycles. The number of hydrogen-bond donors (Lipinski definition) is 2. The van der Waals surface area contributed by atoms with Gasteiger partial charge in [0.25, 0.3) is 5.91 Å². The van der Waals surface area contributed by atoms with Crippen LogP contribution in [0, 0.1) is 0 Å². The van der Waals surface area contributed by atoms with E-state index in [0.29, 0.717) is 6.54 Å². The van der Waals surface area contributed by atoms with Gasteiger partial charge >= 0.3 is 5.97 Å². The molecule has 7 heteroatoms. The second-order valence-electron chi connectivity index (χ2n) is 5.39. The number of fused-ring (bicyclic) bond motifs is 3. The quantitative estimate of drug-likeness (QED) is 0.819. The minimum atomic E-state index is -1.19. The van der Waals surface area contributed by atoms with Crippen molar-refractivity contribution in [3.63, 3.8) is 0 Å². The molecule has 0 saturated carbocycles. The molecule has 2 heterocycles. The van der Waals surface area contributed by atoms with Gasteiger partial charge in [-0.1, -0.05) is 22.0 Å². The van der Waals surface area contributed by atoms with E-state index in [1.54, 1.807) is 4.57 Å². The molecule has 1 amide bonds. The molecule has 2 aromatic rings. The van der Waals surface area contributed by atoms with Crippen LogP contribution in [-0.2, 0) is 18.5 Å². The molecule has 1 spiro atoms. The number of amides is 1. The number of aromatic nitrogens is 2. The summed E-state index contributed by atoms with van der Waals surface area (Å²) in [6.07, 6.45) is 2.16. The molecule has 0 saturated heterocycles. The Labute approximate surface area is 127 Å². The number of carboxylic acids is 1. The zero-order valence-corrected chi connectivity index (χ0v) is 12.3. The van der Waals surface area contributed by atoms with Gasteiger partial charge in [0.15, 0.2) is 5.69 Å². The predicted molar refractivity (Wildman–Crippen MR) is 76.2 cm³/mol. The normalized spacial score (nSPS) is 22.2. The summed E-state index contributed by atoms with van der Waals surface area (Å²) in [7, 11) is 0. The van der Waals surface area contributed by atoms with E-state index in [1.807, 2.05) is 18.2 Å². The number of aromatic carboxylic acids is 1. The van der Waals surface area contributed by atoms with Gasteiger partial charge in [0, 0.05) is 10.9 Å². The average molecular weight is 348 g/mol. The highest BCUT2D eigenvalue weighted by molar-refractivity contribution is 9.10. The molecule has 1 aliphatic heterocycles. The standard InChI is InChI=1S/C14H10BrN3O3/c15-8-2-1-7-4-14(9(7)3-8)5-18-6-16-10(13(20)21)11(18)12(19)17-14/h1-3,6H,4-5H2,(H,17,19)(H,20,21)/t14-/m0/s1. The summed E-state index contributed by atoms with van der Waals surface area (Å²) in [6, 6.07) is 6.00. The SMILES string of the molecule is O=C(O)c1ncn2c1C(=O)N[C@@]1(Cc3ccc(Br)cc31)C2. The number of halogens is 1. The van der Waals surface area contributed by atoms with Gasteiger partial charge in [0.1, 0.15) is 5.69 Å². The highest BCUT2D eigenvalue weighted by Crippen LogP contribution is 2.43. The lowest BCUT2D eigenvalue weighted by Gasteiger charge is -2.47. The Hall–Kier alpha value is -2.15. The average Bonchev–Trinajstić information content (AvgIpc) is 2.85. The van der Waals surface area contributed by atoms with E-state index < -0.39 is 11.5 Å². The number of carboxylic acid groups (broad SMARTS) is 1. The summed E-state index contributed by atoms with van der Waals surface area (Å²) in [6.45, 7) is 0.498. The van der Waals surface area contributed by atoms with Crippen molar-refractivity contribution in [3.8, 4) is 0 Å². The summed E-state index contributed by atoms with van der Waals surface area (Å²) in [5.41, 5.74) is 1.73. The van der Waals surface area contributed by atoms with Crippen molar-refractivity contribution < 1.29 is 14.7 Å². The molecule has 0 radical (unpaired) electrons. The van der Waals surface area contributed by atoms with E-state index in [-0.39, 0.29) is 17.3 Å². The first-order chi connectivity index (χ1) is 10.00. The molecule has 1 aliphatic carbocycles. The second-order valence-corrected chi connectivity index (χ2v) is 6.30. The van der Waals surface area contributed by atoms with Crippen LogP contribution in [0.15, 0.2) is 29.0 Å². The molecule has 106 valence electrons. The van der Waals surface area contributed by atoms with E-state index >= 15 is 0 Å². The van der Waals surface area contributed by atoms with E-state index in [0.717, 1.165) is 16.5 Å². The number of hydrogen-bond acceptors (Lipinski definition) is 3. The van der Waals surface area contributed by atoms with Crippen molar-refractivity contribution in [1.29, 1.82) is 0 Å². The van der Waals surface area contributed by atoms with Gasteiger partial charge in [-0.3, -0.25) is 4.79 Å². The molecule has 4 rings (SSSR count). The number of imidazole rings is 1. The largest absolute Gasteiger partial charge is 0.476 e. The number of benzene rings is 1. The monoisotopic (exact) mass is 347 g/mol. The first-order valence-electron chi connectivity index (χ1n) is 6.40. The topological polar surface area (TPSA) is 84.2 Å². The van der Waals surface area contributed by atoms with Crippen LogP contribution in [0.1, 0.15) is 32.1 Å². The minimum Gasteiger partial charge on any atom is -0.476 e.